The maximum Gasteiger partial charge on any atom is 0.242 e. The van der Waals surface area contributed by atoms with Gasteiger partial charge in [0.05, 0.1) is 23.4 Å². The Morgan fingerprint density at radius 1 is 1.30 bits per heavy atom. The highest BCUT2D eigenvalue weighted by atomic mass is 19.1. The van der Waals surface area contributed by atoms with Gasteiger partial charge < -0.3 is 4.90 Å². The predicted molar refractivity (Wildman–Crippen MR) is 99.4 cm³/mol. The molecule has 4 heterocycles. The van der Waals surface area contributed by atoms with Crippen LogP contribution in [0.3, 0.4) is 0 Å². The monoisotopic (exact) mass is 365 g/mol. The molecule has 1 spiro atoms. The van der Waals surface area contributed by atoms with Gasteiger partial charge in [0.2, 0.25) is 5.91 Å². The van der Waals surface area contributed by atoms with Gasteiger partial charge in [0, 0.05) is 30.7 Å². The standard InChI is InChI=1S/C20H20FN5O/c1-26-7-5-20(19(26)27)4-2-16(24-20)18-9-12(3-6-22-18)14-10-17-13(8-15(14)21)11-23-25-17/h3,6,8-11,16,24H,2,4-5,7H2,1H3,(H,23,25)/t16-,20+/m1/s1. The van der Waals surface area contributed by atoms with Crippen molar-refractivity contribution >= 4 is 16.8 Å². The molecule has 6 nitrogen and oxygen atoms in total. The van der Waals surface area contributed by atoms with E-state index in [0.29, 0.717) is 5.56 Å². The lowest BCUT2D eigenvalue weighted by Gasteiger charge is -2.23. The van der Waals surface area contributed by atoms with E-state index in [1.54, 1.807) is 23.4 Å². The first-order valence-electron chi connectivity index (χ1n) is 9.18. The number of likely N-dealkylation sites (tertiary alicyclic amines) is 1. The first-order valence-corrected chi connectivity index (χ1v) is 9.18. The van der Waals surface area contributed by atoms with Crippen LogP contribution >= 0.6 is 0 Å². The molecule has 1 amide bonds. The number of pyridine rings is 1. The van der Waals surface area contributed by atoms with Gasteiger partial charge in [-0.15, -0.1) is 0 Å². The van der Waals surface area contributed by atoms with E-state index in [9.17, 15) is 9.18 Å². The second-order valence-electron chi connectivity index (χ2n) is 7.55. The number of nitrogens with one attached hydrogen (secondary N) is 2. The number of H-pyrrole nitrogens is 1. The fraction of sp³-hybridized carbons (Fsp3) is 0.350. The van der Waals surface area contributed by atoms with E-state index >= 15 is 0 Å². The van der Waals surface area contributed by atoms with Crippen molar-refractivity contribution in [1.82, 2.24) is 25.4 Å². The van der Waals surface area contributed by atoms with Gasteiger partial charge in [-0.3, -0.25) is 20.2 Å². The lowest BCUT2D eigenvalue weighted by atomic mass is 9.96. The third kappa shape index (κ3) is 2.53. The van der Waals surface area contributed by atoms with E-state index in [-0.39, 0.29) is 17.8 Å². The number of benzene rings is 1. The number of aromatic amines is 1. The summed E-state index contributed by atoms with van der Waals surface area (Å²) < 4.78 is 14.6. The van der Waals surface area contributed by atoms with E-state index < -0.39 is 5.54 Å². The Morgan fingerprint density at radius 2 is 2.19 bits per heavy atom. The van der Waals surface area contributed by atoms with E-state index in [1.165, 1.54) is 6.07 Å². The van der Waals surface area contributed by atoms with Crippen LogP contribution in [0.25, 0.3) is 22.0 Å². The second kappa shape index (κ2) is 5.85. The zero-order valence-electron chi connectivity index (χ0n) is 15.0. The number of aromatic nitrogens is 3. The van der Waals surface area contributed by atoms with Crippen molar-refractivity contribution in [3.63, 3.8) is 0 Å². The van der Waals surface area contributed by atoms with Crippen molar-refractivity contribution in [2.45, 2.75) is 30.8 Å². The number of carbonyl (C=O) groups excluding carboxylic acids is 1. The molecule has 27 heavy (non-hydrogen) atoms. The Bertz CT molecular complexity index is 1050. The van der Waals surface area contributed by atoms with E-state index in [2.05, 4.69) is 20.5 Å². The minimum atomic E-state index is -0.461. The lowest BCUT2D eigenvalue weighted by molar-refractivity contribution is -0.131. The van der Waals surface area contributed by atoms with Crippen molar-refractivity contribution in [2.75, 3.05) is 13.6 Å². The molecule has 0 aliphatic carbocycles. The van der Waals surface area contributed by atoms with E-state index in [0.717, 1.165) is 48.0 Å². The van der Waals surface area contributed by atoms with Crippen LogP contribution in [0, 0.1) is 5.82 Å². The Labute approximate surface area is 155 Å². The Kier molecular flexibility index (Phi) is 3.55. The molecule has 2 aromatic heterocycles. The van der Waals surface area contributed by atoms with Gasteiger partial charge in [0.25, 0.3) is 0 Å². The van der Waals surface area contributed by atoms with E-state index in [1.807, 2.05) is 19.2 Å². The zero-order valence-corrected chi connectivity index (χ0v) is 15.0. The Balaban J connectivity index is 1.47. The fourth-order valence-electron chi connectivity index (χ4n) is 4.38. The highest BCUT2D eigenvalue weighted by Crippen LogP contribution is 2.39. The Hall–Kier alpha value is -2.80. The second-order valence-corrected chi connectivity index (χ2v) is 7.55. The number of amides is 1. The van der Waals surface area contributed by atoms with Crippen molar-refractivity contribution in [1.29, 1.82) is 0 Å². The van der Waals surface area contributed by atoms with Gasteiger partial charge in [-0.2, -0.15) is 5.10 Å². The zero-order chi connectivity index (χ0) is 18.6. The fourth-order valence-corrected chi connectivity index (χ4v) is 4.38. The number of carbonyl (C=O) groups is 1. The van der Waals surface area contributed by atoms with Crippen LogP contribution in [0.5, 0.6) is 0 Å². The van der Waals surface area contributed by atoms with Gasteiger partial charge in [0.15, 0.2) is 0 Å². The molecular formula is C20H20FN5O. The van der Waals surface area contributed by atoms with Crippen molar-refractivity contribution in [3.8, 4) is 11.1 Å². The summed E-state index contributed by atoms with van der Waals surface area (Å²) in [6.07, 6.45) is 5.79. The van der Waals surface area contributed by atoms with Crippen LogP contribution in [0.4, 0.5) is 4.39 Å². The largest absolute Gasteiger partial charge is 0.344 e. The smallest absolute Gasteiger partial charge is 0.242 e. The third-order valence-electron chi connectivity index (χ3n) is 5.92. The van der Waals surface area contributed by atoms with Gasteiger partial charge in [-0.25, -0.2) is 4.39 Å². The summed E-state index contributed by atoms with van der Waals surface area (Å²) in [6, 6.07) is 6.99. The molecule has 2 saturated heterocycles. The number of hydrogen-bond donors (Lipinski definition) is 2. The SMILES string of the molecule is CN1CC[C@@]2(CC[C@H](c3cc(-c4cc5[nH]ncc5cc4F)ccn3)N2)C1=O. The highest BCUT2D eigenvalue weighted by Gasteiger charge is 2.50. The quantitative estimate of drug-likeness (QED) is 0.732. The molecule has 3 aromatic rings. The van der Waals surface area contributed by atoms with Gasteiger partial charge in [-0.1, -0.05) is 0 Å². The molecule has 2 N–H and O–H groups in total. The summed E-state index contributed by atoms with van der Waals surface area (Å²) in [5.74, 6) is -0.124. The maximum atomic E-state index is 14.6. The average molecular weight is 365 g/mol. The number of likely N-dealkylation sites (N-methyl/N-ethyl adjacent to an activating group) is 1. The number of halogens is 1. The topological polar surface area (TPSA) is 73.9 Å². The summed E-state index contributed by atoms with van der Waals surface area (Å²) >= 11 is 0. The molecule has 2 aliphatic heterocycles. The highest BCUT2D eigenvalue weighted by molar-refractivity contribution is 5.89. The van der Waals surface area contributed by atoms with Crippen LogP contribution in [-0.4, -0.2) is 45.1 Å². The van der Waals surface area contributed by atoms with Crippen LogP contribution < -0.4 is 5.32 Å². The molecule has 5 rings (SSSR count). The van der Waals surface area contributed by atoms with Crippen molar-refractivity contribution < 1.29 is 9.18 Å². The molecule has 0 radical (unpaired) electrons. The average Bonchev–Trinajstić information content (AvgIpc) is 3.38. The summed E-state index contributed by atoms with van der Waals surface area (Å²) in [4.78, 5) is 18.8. The van der Waals surface area contributed by atoms with Crippen molar-refractivity contribution in [3.05, 3.63) is 48.2 Å². The molecule has 2 atom stereocenters. The summed E-state index contributed by atoms with van der Waals surface area (Å²) in [5.41, 5.74) is 2.46. The predicted octanol–water partition coefficient (Wildman–Crippen LogP) is 2.79. The van der Waals surface area contributed by atoms with Crippen LogP contribution in [0.15, 0.2) is 36.7 Å². The van der Waals surface area contributed by atoms with Crippen LogP contribution in [0.1, 0.15) is 31.0 Å². The minimum absolute atomic E-state index is 0.000605. The molecule has 1 aromatic carbocycles. The first-order chi connectivity index (χ1) is 13.1. The summed E-state index contributed by atoms with van der Waals surface area (Å²) in [6.45, 7) is 0.779. The number of rotatable bonds is 2. The van der Waals surface area contributed by atoms with Gasteiger partial charge >= 0.3 is 0 Å². The molecule has 2 fully saturated rings. The maximum absolute atomic E-state index is 14.6. The normalized spacial score (nSPS) is 25.2. The molecule has 138 valence electrons. The van der Waals surface area contributed by atoms with Gasteiger partial charge in [-0.05, 0) is 49.1 Å². The third-order valence-corrected chi connectivity index (χ3v) is 5.92. The molecule has 0 bridgehead atoms. The number of fused-ring (bicyclic) bond motifs is 1. The number of nitrogens with zero attached hydrogens (tertiary/aromatic N) is 3. The molecule has 0 saturated carbocycles. The molecule has 0 unspecified atom stereocenters. The first kappa shape index (κ1) is 16.4. The summed E-state index contributed by atoms with van der Waals surface area (Å²) in [5, 5.41) is 11.1. The minimum Gasteiger partial charge on any atom is -0.344 e. The number of hydrogen-bond acceptors (Lipinski definition) is 4. The van der Waals surface area contributed by atoms with Crippen molar-refractivity contribution in [2.24, 2.45) is 0 Å². The van der Waals surface area contributed by atoms with Crippen LogP contribution in [-0.2, 0) is 4.79 Å². The molecule has 7 heteroatoms. The Morgan fingerprint density at radius 3 is 3.00 bits per heavy atom. The molecular weight excluding hydrogens is 345 g/mol. The van der Waals surface area contributed by atoms with Gasteiger partial charge in [0.1, 0.15) is 11.4 Å². The van der Waals surface area contributed by atoms with Crippen LogP contribution in [0.2, 0.25) is 0 Å². The summed E-state index contributed by atoms with van der Waals surface area (Å²) in [7, 11) is 1.85. The van der Waals surface area contributed by atoms with E-state index in [4.69, 9.17) is 0 Å². The molecule has 2 aliphatic rings. The lowest BCUT2D eigenvalue weighted by Crippen LogP contribution is -2.47.